The average molecular weight is 207 g/mol. The van der Waals surface area contributed by atoms with E-state index in [-0.39, 0.29) is 18.3 Å². The molecule has 1 aromatic rings. The third-order valence-electron chi connectivity index (χ3n) is 1.71. The maximum Gasteiger partial charge on any atom is 0.252 e. The van der Waals surface area contributed by atoms with E-state index in [9.17, 15) is 0 Å². The third kappa shape index (κ3) is 3.07. The lowest BCUT2D eigenvalue weighted by molar-refractivity contribution is 0.222. The van der Waals surface area contributed by atoms with Crippen molar-refractivity contribution in [1.82, 2.24) is 10.1 Å². The summed E-state index contributed by atoms with van der Waals surface area (Å²) in [5, 5.41) is 12.3. The summed E-state index contributed by atoms with van der Waals surface area (Å²) in [4.78, 5) is 3.86. The Labute approximate surface area is 87.6 Å². The third-order valence-corrected chi connectivity index (χ3v) is 1.71. The van der Waals surface area contributed by atoms with Crippen LogP contribution in [-0.4, -0.2) is 15.2 Å². The van der Waals surface area contributed by atoms with Gasteiger partial charge in [-0.2, -0.15) is 4.98 Å². The molecule has 15 heavy (non-hydrogen) atoms. The molecular weight excluding hydrogens is 194 g/mol. The van der Waals surface area contributed by atoms with Crippen LogP contribution in [0.1, 0.15) is 18.6 Å². The first-order chi connectivity index (χ1) is 7.17. The lowest BCUT2D eigenvalue weighted by atomic mass is 10.2. The van der Waals surface area contributed by atoms with Gasteiger partial charge in [-0.05, 0) is 13.0 Å². The summed E-state index contributed by atoms with van der Waals surface area (Å²) in [5.41, 5.74) is 7.03. The summed E-state index contributed by atoms with van der Waals surface area (Å²) in [5.74, 6) is 0.415. The van der Waals surface area contributed by atoms with Crippen molar-refractivity contribution < 1.29 is 9.63 Å². The van der Waals surface area contributed by atoms with Gasteiger partial charge in [0, 0.05) is 0 Å². The van der Waals surface area contributed by atoms with Crippen molar-refractivity contribution in [1.29, 1.82) is 0 Å². The van der Waals surface area contributed by atoms with E-state index in [2.05, 4.69) is 16.7 Å². The van der Waals surface area contributed by atoms with E-state index in [1.807, 2.05) is 6.92 Å². The fraction of sp³-hybridized carbons (Fsp3) is 0.200. The van der Waals surface area contributed by atoms with Gasteiger partial charge in [0.05, 0.1) is 5.70 Å². The number of hydrogen-bond donors (Lipinski definition) is 2. The van der Waals surface area contributed by atoms with Crippen LogP contribution in [0.15, 0.2) is 34.9 Å². The summed E-state index contributed by atoms with van der Waals surface area (Å²) >= 11 is 0. The van der Waals surface area contributed by atoms with Gasteiger partial charge in [0.15, 0.2) is 0 Å². The zero-order valence-electron chi connectivity index (χ0n) is 8.47. The molecule has 5 nitrogen and oxygen atoms in total. The molecule has 1 heterocycles. The highest BCUT2D eigenvalue weighted by Gasteiger charge is 2.06. The predicted molar refractivity (Wildman–Crippen MR) is 56.3 cm³/mol. The Morgan fingerprint density at radius 1 is 1.60 bits per heavy atom. The topological polar surface area (TPSA) is 85.2 Å². The first kappa shape index (κ1) is 11.2. The number of aliphatic hydroxyl groups is 1. The molecule has 0 saturated heterocycles. The Morgan fingerprint density at radius 2 is 2.33 bits per heavy atom. The molecule has 0 aromatic carbocycles. The molecule has 0 aliphatic heterocycles. The molecule has 5 heteroatoms. The number of aromatic nitrogens is 2. The molecule has 0 saturated carbocycles. The standard InChI is InChI=1S/C10H13N3O2/c1-3-7(2)4-5-8(11)10-12-9(6-14)15-13-10/h3-5,14H,1,6,11H2,2H3/b7-4-,8-5-. The van der Waals surface area contributed by atoms with Crippen LogP contribution in [0.4, 0.5) is 0 Å². The lowest BCUT2D eigenvalue weighted by Crippen LogP contribution is -1.98. The second kappa shape index (κ2) is 5.11. The van der Waals surface area contributed by atoms with Crippen molar-refractivity contribution in [3.63, 3.8) is 0 Å². The van der Waals surface area contributed by atoms with Gasteiger partial charge in [-0.3, -0.25) is 0 Å². The van der Waals surface area contributed by atoms with E-state index in [1.165, 1.54) is 0 Å². The molecule has 3 N–H and O–H groups in total. The minimum atomic E-state index is -0.290. The van der Waals surface area contributed by atoms with Gasteiger partial charge in [0.2, 0.25) is 5.82 Å². The largest absolute Gasteiger partial charge is 0.396 e. The fourth-order valence-electron chi connectivity index (χ4n) is 0.800. The summed E-state index contributed by atoms with van der Waals surface area (Å²) in [6, 6.07) is 0. The van der Waals surface area contributed by atoms with E-state index in [4.69, 9.17) is 15.4 Å². The molecule has 1 aromatic heterocycles. The van der Waals surface area contributed by atoms with Gasteiger partial charge in [-0.15, -0.1) is 0 Å². The number of allylic oxidation sites excluding steroid dienone is 4. The Hall–Kier alpha value is -1.88. The van der Waals surface area contributed by atoms with Crippen LogP contribution in [0.25, 0.3) is 5.70 Å². The molecule has 0 unspecified atom stereocenters. The van der Waals surface area contributed by atoms with Crippen LogP contribution in [0.3, 0.4) is 0 Å². The molecule has 0 spiro atoms. The van der Waals surface area contributed by atoms with Crippen molar-refractivity contribution in [2.45, 2.75) is 13.5 Å². The van der Waals surface area contributed by atoms with Crippen LogP contribution >= 0.6 is 0 Å². The van der Waals surface area contributed by atoms with Crippen molar-refractivity contribution in [3.8, 4) is 0 Å². The van der Waals surface area contributed by atoms with Gasteiger partial charge < -0.3 is 15.4 Å². The van der Waals surface area contributed by atoms with Crippen LogP contribution < -0.4 is 5.73 Å². The first-order valence-corrected chi connectivity index (χ1v) is 4.37. The smallest absolute Gasteiger partial charge is 0.252 e. The minimum absolute atomic E-state index is 0.144. The van der Waals surface area contributed by atoms with Crippen molar-refractivity contribution in [2.75, 3.05) is 0 Å². The van der Waals surface area contributed by atoms with Gasteiger partial charge in [0.1, 0.15) is 6.61 Å². The Balaban J connectivity index is 2.84. The van der Waals surface area contributed by atoms with Crippen LogP contribution in [0, 0.1) is 0 Å². The monoisotopic (exact) mass is 207 g/mol. The highest BCUT2D eigenvalue weighted by molar-refractivity contribution is 5.58. The van der Waals surface area contributed by atoms with E-state index >= 15 is 0 Å². The van der Waals surface area contributed by atoms with Crippen LogP contribution in [0.2, 0.25) is 0 Å². The molecule has 0 atom stereocenters. The molecule has 0 radical (unpaired) electrons. The van der Waals surface area contributed by atoms with Gasteiger partial charge in [0.25, 0.3) is 5.89 Å². The fourth-order valence-corrected chi connectivity index (χ4v) is 0.800. The van der Waals surface area contributed by atoms with E-state index < -0.39 is 0 Å². The second-order valence-corrected chi connectivity index (χ2v) is 2.91. The Bertz CT molecular complexity index is 405. The summed E-state index contributed by atoms with van der Waals surface area (Å²) in [6.45, 7) is 5.21. The Kier molecular flexibility index (Phi) is 3.82. The Morgan fingerprint density at radius 3 is 2.87 bits per heavy atom. The van der Waals surface area contributed by atoms with E-state index in [0.29, 0.717) is 5.70 Å². The number of rotatable bonds is 4. The summed E-state index contributed by atoms with van der Waals surface area (Å²) in [7, 11) is 0. The summed E-state index contributed by atoms with van der Waals surface area (Å²) in [6.07, 6.45) is 5.15. The molecule has 0 fully saturated rings. The normalized spacial score (nSPS) is 12.9. The zero-order chi connectivity index (χ0) is 11.3. The maximum absolute atomic E-state index is 8.71. The van der Waals surface area contributed by atoms with Gasteiger partial charge in [-0.25, -0.2) is 0 Å². The maximum atomic E-state index is 8.71. The molecule has 1 rings (SSSR count). The number of nitrogens with two attached hydrogens (primary N) is 1. The van der Waals surface area contributed by atoms with Gasteiger partial charge in [-0.1, -0.05) is 29.5 Å². The van der Waals surface area contributed by atoms with E-state index in [0.717, 1.165) is 5.57 Å². The van der Waals surface area contributed by atoms with E-state index in [1.54, 1.807) is 18.2 Å². The first-order valence-electron chi connectivity index (χ1n) is 4.37. The van der Waals surface area contributed by atoms with Crippen molar-refractivity contribution in [3.05, 3.63) is 42.1 Å². The zero-order valence-corrected chi connectivity index (χ0v) is 8.47. The molecule has 0 aliphatic carbocycles. The SMILES string of the molecule is C=C/C(C)=C\C=C(/N)c1noc(CO)n1. The summed E-state index contributed by atoms with van der Waals surface area (Å²) < 4.78 is 4.70. The molecule has 80 valence electrons. The minimum Gasteiger partial charge on any atom is -0.396 e. The lowest BCUT2D eigenvalue weighted by Gasteiger charge is -1.91. The molecule has 0 bridgehead atoms. The quantitative estimate of drug-likeness (QED) is 0.719. The molecule has 0 amide bonds. The van der Waals surface area contributed by atoms with Crippen molar-refractivity contribution in [2.24, 2.45) is 5.73 Å². The second-order valence-electron chi connectivity index (χ2n) is 2.91. The highest BCUT2D eigenvalue weighted by atomic mass is 16.5. The van der Waals surface area contributed by atoms with Crippen LogP contribution in [-0.2, 0) is 6.61 Å². The highest BCUT2D eigenvalue weighted by Crippen LogP contribution is 2.06. The number of nitrogens with zero attached hydrogens (tertiary/aromatic N) is 2. The van der Waals surface area contributed by atoms with Crippen LogP contribution in [0.5, 0.6) is 0 Å². The number of aliphatic hydroxyl groups excluding tert-OH is 1. The average Bonchev–Trinajstić information content (AvgIpc) is 2.73. The van der Waals surface area contributed by atoms with Crippen molar-refractivity contribution >= 4 is 5.70 Å². The molecular formula is C10H13N3O2. The molecule has 0 aliphatic rings. The number of hydrogen-bond acceptors (Lipinski definition) is 5. The predicted octanol–water partition coefficient (Wildman–Crippen LogP) is 0.994. The van der Waals surface area contributed by atoms with Gasteiger partial charge >= 0.3 is 0 Å².